The van der Waals surface area contributed by atoms with Crippen LogP contribution in [0.1, 0.15) is 5.56 Å². The summed E-state index contributed by atoms with van der Waals surface area (Å²) in [7, 11) is 3.97. The lowest BCUT2D eigenvalue weighted by Gasteiger charge is -2.32. The molecule has 1 N–H and O–H groups in total. The molecule has 0 unspecified atom stereocenters. The van der Waals surface area contributed by atoms with E-state index in [0.29, 0.717) is 13.1 Å². The van der Waals surface area contributed by atoms with Crippen molar-refractivity contribution in [1.29, 1.82) is 0 Å². The van der Waals surface area contributed by atoms with Crippen LogP contribution in [0.2, 0.25) is 0 Å². The van der Waals surface area contributed by atoms with Crippen LogP contribution in [0.4, 0.5) is 0 Å². The van der Waals surface area contributed by atoms with Gasteiger partial charge in [0.2, 0.25) is 5.91 Å². The van der Waals surface area contributed by atoms with Gasteiger partial charge in [0.25, 0.3) is 0 Å². The molecule has 1 amide bonds. The van der Waals surface area contributed by atoms with Crippen LogP contribution in [0.15, 0.2) is 12.4 Å². The number of piperazine rings is 1. The van der Waals surface area contributed by atoms with Crippen LogP contribution in [0.25, 0.3) is 0 Å². The second-order valence-electron chi connectivity index (χ2n) is 4.81. The van der Waals surface area contributed by atoms with E-state index in [1.807, 2.05) is 24.3 Å². The summed E-state index contributed by atoms with van der Waals surface area (Å²) in [6.07, 6.45) is 3.76. The standard InChI is InChI=1S/C12H21N5O/c1-15-3-5-17(6-4-15)12(18)9-13-7-11-8-14-16(2)10-11/h8,10,13H,3-7,9H2,1-2H3. The van der Waals surface area contributed by atoms with E-state index >= 15 is 0 Å². The zero-order valence-electron chi connectivity index (χ0n) is 11.1. The van der Waals surface area contributed by atoms with Crippen LogP contribution in [-0.2, 0) is 18.4 Å². The number of aryl methyl sites for hydroxylation is 1. The van der Waals surface area contributed by atoms with Crippen LogP contribution in [0.5, 0.6) is 0 Å². The molecule has 1 aliphatic rings. The highest BCUT2D eigenvalue weighted by molar-refractivity contribution is 5.78. The summed E-state index contributed by atoms with van der Waals surface area (Å²) in [6.45, 7) is 4.70. The third-order valence-electron chi connectivity index (χ3n) is 3.22. The zero-order valence-corrected chi connectivity index (χ0v) is 11.1. The van der Waals surface area contributed by atoms with E-state index < -0.39 is 0 Å². The number of carbonyl (C=O) groups excluding carboxylic acids is 1. The maximum absolute atomic E-state index is 11.9. The maximum Gasteiger partial charge on any atom is 0.236 e. The molecule has 1 aromatic rings. The van der Waals surface area contributed by atoms with Crippen molar-refractivity contribution in [2.45, 2.75) is 6.54 Å². The summed E-state index contributed by atoms with van der Waals surface area (Å²) in [5.41, 5.74) is 1.10. The highest BCUT2D eigenvalue weighted by Crippen LogP contribution is 1.99. The van der Waals surface area contributed by atoms with Gasteiger partial charge in [0.05, 0.1) is 12.7 Å². The fourth-order valence-electron chi connectivity index (χ4n) is 2.04. The Kier molecular flexibility index (Phi) is 4.33. The van der Waals surface area contributed by atoms with Gasteiger partial charge >= 0.3 is 0 Å². The molecule has 2 rings (SSSR count). The lowest BCUT2D eigenvalue weighted by atomic mass is 10.3. The zero-order chi connectivity index (χ0) is 13.0. The smallest absolute Gasteiger partial charge is 0.236 e. The molecular formula is C12H21N5O. The van der Waals surface area contributed by atoms with Gasteiger partial charge in [0.1, 0.15) is 0 Å². The Morgan fingerprint density at radius 2 is 2.06 bits per heavy atom. The summed E-state index contributed by atoms with van der Waals surface area (Å²) in [4.78, 5) is 16.1. The van der Waals surface area contributed by atoms with Crippen molar-refractivity contribution in [3.05, 3.63) is 18.0 Å². The summed E-state index contributed by atoms with van der Waals surface area (Å²) in [5.74, 6) is 0.187. The Labute approximate surface area is 108 Å². The van der Waals surface area contributed by atoms with Gasteiger partial charge in [0.15, 0.2) is 0 Å². The predicted octanol–water partition coefficient (Wildman–Crippen LogP) is -0.716. The summed E-state index contributed by atoms with van der Waals surface area (Å²) in [6, 6.07) is 0. The quantitative estimate of drug-likeness (QED) is 0.767. The fraction of sp³-hybridized carbons (Fsp3) is 0.667. The predicted molar refractivity (Wildman–Crippen MR) is 69.0 cm³/mol. The van der Waals surface area contributed by atoms with E-state index in [2.05, 4.69) is 22.4 Å². The molecule has 1 aliphatic heterocycles. The second kappa shape index (κ2) is 5.97. The molecular weight excluding hydrogens is 230 g/mol. The monoisotopic (exact) mass is 251 g/mol. The molecule has 0 aliphatic carbocycles. The maximum atomic E-state index is 11.9. The van der Waals surface area contributed by atoms with E-state index in [4.69, 9.17) is 0 Å². The van der Waals surface area contributed by atoms with Gasteiger partial charge in [-0.2, -0.15) is 5.10 Å². The minimum absolute atomic E-state index is 0.187. The first kappa shape index (κ1) is 13.0. The topological polar surface area (TPSA) is 53.4 Å². The van der Waals surface area contributed by atoms with E-state index in [1.54, 1.807) is 4.68 Å². The van der Waals surface area contributed by atoms with Gasteiger partial charge in [-0.1, -0.05) is 0 Å². The molecule has 0 spiro atoms. The summed E-state index contributed by atoms with van der Waals surface area (Å²) in [5, 5.41) is 7.25. The first-order valence-electron chi connectivity index (χ1n) is 6.30. The number of hydrogen-bond acceptors (Lipinski definition) is 4. The van der Waals surface area contributed by atoms with Gasteiger partial charge in [-0.15, -0.1) is 0 Å². The first-order valence-corrected chi connectivity index (χ1v) is 6.30. The molecule has 100 valence electrons. The van der Waals surface area contributed by atoms with E-state index in [0.717, 1.165) is 31.7 Å². The van der Waals surface area contributed by atoms with Crippen molar-refractivity contribution in [2.75, 3.05) is 39.8 Å². The van der Waals surface area contributed by atoms with Crippen LogP contribution >= 0.6 is 0 Å². The molecule has 6 heteroatoms. The summed E-state index contributed by atoms with van der Waals surface area (Å²) < 4.78 is 1.76. The number of aromatic nitrogens is 2. The van der Waals surface area contributed by atoms with Crippen molar-refractivity contribution < 1.29 is 4.79 Å². The molecule has 18 heavy (non-hydrogen) atoms. The normalized spacial score (nSPS) is 17.1. The molecule has 2 heterocycles. The number of hydrogen-bond donors (Lipinski definition) is 1. The number of nitrogens with one attached hydrogen (secondary N) is 1. The molecule has 0 atom stereocenters. The van der Waals surface area contributed by atoms with Crippen LogP contribution in [0, 0.1) is 0 Å². The lowest BCUT2D eigenvalue weighted by Crippen LogP contribution is -2.49. The minimum atomic E-state index is 0.187. The Bertz CT molecular complexity index is 395. The van der Waals surface area contributed by atoms with Gasteiger partial charge in [-0.05, 0) is 7.05 Å². The highest BCUT2D eigenvalue weighted by atomic mass is 16.2. The van der Waals surface area contributed by atoms with Crippen molar-refractivity contribution in [1.82, 2.24) is 24.9 Å². The largest absolute Gasteiger partial charge is 0.339 e. The number of amides is 1. The molecule has 0 radical (unpaired) electrons. The molecule has 0 bridgehead atoms. The Morgan fingerprint density at radius 1 is 1.33 bits per heavy atom. The number of rotatable bonds is 4. The third-order valence-corrected chi connectivity index (χ3v) is 3.22. The Hall–Kier alpha value is -1.40. The SMILES string of the molecule is CN1CCN(C(=O)CNCc2cnn(C)c2)CC1. The highest BCUT2D eigenvalue weighted by Gasteiger charge is 2.18. The second-order valence-corrected chi connectivity index (χ2v) is 4.81. The first-order chi connectivity index (χ1) is 8.65. The van der Waals surface area contributed by atoms with Crippen molar-refractivity contribution in [2.24, 2.45) is 7.05 Å². The average molecular weight is 251 g/mol. The lowest BCUT2D eigenvalue weighted by molar-refractivity contribution is -0.131. The molecule has 0 saturated carbocycles. The third kappa shape index (κ3) is 3.54. The molecule has 1 fully saturated rings. The van der Waals surface area contributed by atoms with E-state index in [-0.39, 0.29) is 5.91 Å². The Morgan fingerprint density at radius 3 is 2.67 bits per heavy atom. The molecule has 1 aromatic heterocycles. The van der Waals surface area contributed by atoms with Gasteiger partial charge in [0, 0.05) is 51.5 Å². The van der Waals surface area contributed by atoms with Crippen LogP contribution < -0.4 is 5.32 Å². The number of nitrogens with zero attached hydrogens (tertiary/aromatic N) is 4. The van der Waals surface area contributed by atoms with Crippen molar-refractivity contribution in [3.63, 3.8) is 0 Å². The van der Waals surface area contributed by atoms with E-state index in [9.17, 15) is 4.79 Å². The fourth-order valence-corrected chi connectivity index (χ4v) is 2.04. The Balaban J connectivity index is 1.68. The summed E-state index contributed by atoms with van der Waals surface area (Å²) >= 11 is 0. The average Bonchev–Trinajstić information content (AvgIpc) is 2.76. The van der Waals surface area contributed by atoms with Crippen molar-refractivity contribution in [3.8, 4) is 0 Å². The number of carbonyl (C=O) groups is 1. The van der Waals surface area contributed by atoms with Crippen LogP contribution in [-0.4, -0.2) is 65.3 Å². The minimum Gasteiger partial charge on any atom is -0.339 e. The van der Waals surface area contributed by atoms with Gasteiger partial charge < -0.3 is 15.1 Å². The van der Waals surface area contributed by atoms with Crippen molar-refractivity contribution >= 4 is 5.91 Å². The van der Waals surface area contributed by atoms with Gasteiger partial charge in [-0.25, -0.2) is 0 Å². The van der Waals surface area contributed by atoms with Gasteiger partial charge in [-0.3, -0.25) is 9.48 Å². The van der Waals surface area contributed by atoms with Crippen LogP contribution in [0.3, 0.4) is 0 Å². The molecule has 1 saturated heterocycles. The van der Waals surface area contributed by atoms with E-state index in [1.165, 1.54) is 0 Å². The molecule has 6 nitrogen and oxygen atoms in total. The number of likely N-dealkylation sites (N-methyl/N-ethyl adjacent to an activating group) is 1. The molecule has 0 aromatic carbocycles.